The second-order valence-electron chi connectivity index (χ2n) is 7.99. The van der Waals surface area contributed by atoms with E-state index in [1.54, 1.807) is 11.8 Å². The predicted octanol–water partition coefficient (Wildman–Crippen LogP) is 4.65. The zero-order valence-electron chi connectivity index (χ0n) is 17.2. The Balaban J connectivity index is 1.92. The molecule has 1 amide bonds. The van der Waals surface area contributed by atoms with Gasteiger partial charge >= 0.3 is 12.1 Å². The van der Waals surface area contributed by atoms with Crippen LogP contribution in [0.1, 0.15) is 52.5 Å². The van der Waals surface area contributed by atoms with Crippen LogP contribution in [0.3, 0.4) is 0 Å². The molecule has 7 heteroatoms. The molecule has 1 saturated heterocycles. The number of hydrogen-bond donors (Lipinski definition) is 1. The maximum Gasteiger partial charge on any atom is 0.410 e. The third-order valence-corrected chi connectivity index (χ3v) is 4.71. The third kappa shape index (κ3) is 7.23. The molecule has 1 aromatic rings. The minimum absolute atomic E-state index is 0.209. The van der Waals surface area contributed by atoms with Crippen LogP contribution in [0.15, 0.2) is 18.2 Å². The van der Waals surface area contributed by atoms with Crippen LogP contribution in [0.25, 0.3) is 0 Å². The van der Waals surface area contributed by atoms with Crippen molar-refractivity contribution in [1.82, 2.24) is 4.90 Å². The second kappa shape index (κ2) is 10.0. The summed E-state index contributed by atoms with van der Waals surface area (Å²) in [4.78, 5) is 25.6. The van der Waals surface area contributed by atoms with Crippen LogP contribution in [-0.2, 0) is 20.7 Å². The maximum atomic E-state index is 12.2. The average molecular weight is 411 g/mol. The van der Waals surface area contributed by atoms with Crippen molar-refractivity contribution in [2.75, 3.05) is 25.0 Å². The minimum Gasteiger partial charge on any atom is -0.466 e. The number of nitrogens with one attached hydrogen (secondary N) is 1. The van der Waals surface area contributed by atoms with E-state index in [2.05, 4.69) is 5.32 Å². The van der Waals surface area contributed by atoms with Gasteiger partial charge in [-0.15, -0.1) is 0 Å². The van der Waals surface area contributed by atoms with Gasteiger partial charge in [-0.3, -0.25) is 4.79 Å². The van der Waals surface area contributed by atoms with Crippen LogP contribution in [0.4, 0.5) is 10.5 Å². The summed E-state index contributed by atoms with van der Waals surface area (Å²) >= 11 is 6.14. The summed E-state index contributed by atoms with van der Waals surface area (Å²) in [5, 5.41) is 4.19. The molecule has 0 spiro atoms. The third-order valence-electron chi connectivity index (χ3n) is 4.48. The molecule has 0 radical (unpaired) electrons. The molecule has 0 saturated carbocycles. The number of halogens is 1. The van der Waals surface area contributed by atoms with Gasteiger partial charge in [-0.1, -0.05) is 11.6 Å². The molecule has 0 aliphatic carbocycles. The monoisotopic (exact) mass is 410 g/mol. The molecular formula is C21H31ClN2O4. The number of esters is 1. The zero-order chi connectivity index (χ0) is 20.7. The average Bonchev–Trinajstić information content (AvgIpc) is 2.61. The summed E-state index contributed by atoms with van der Waals surface area (Å²) in [5.74, 6) is -0.209. The van der Waals surface area contributed by atoms with E-state index in [1.165, 1.54) is 0 Å². The Hall–Kier alpha value is -1.95. The van der Waals surface area contributed by atoms with Crippen molar-refractivity contribution < 1.29 is 19.1 Å². The van der Waals surface area contributed by atoms with E-state index in [1.807, 2.05) is 39.0 Å². The summed E-state index contributed by atoms with van der Waals surface area (Å²) in [6.45, 7) is 9.10. The van der Waals surface area contributed by atoms with Gasteiger partial charge in [0.25, 0.3) is 0 Å². The standard InChI is InChI=1S/C21H31ClN2O4/c1-5-27-19(25)9-6-15-14-16(22)7-8-18(15)23-17-10-12-24(13-11-17)20(26)28-21(2,3)4/h7-8,14,17,23H,5-6,9-13H2,1-4H3. The highest BCUT2D eigenvalue weighted by Crippen LogP contribution is 2.25. The predicted molar refractivity (Wildman–Crippen MR) is 111 cm³/mol. The van der Waals surface area contributed by atoms with Crippen molar-refractivity contribution in [2.45, 2.75) is 65.0 Å². The largest absolute Gasteiger partial charge is 0.466 e. The van der Waals surface area contributed by atoms with Crippen LogP contribution in [0, 0.1) is 0 Å². The van der Waals surface area contributed by atoms with E-state index in [0.29, 0.717) is 37.6 Å². The Morgan fingerprint density at radius 1 is 1.25 bits per heavy atom. The molecule has 0 bridgehead atoms. The van der Waals surface area contributed by atoms with E-state index in [9.17, 15) is 9.59 Å². The van der Waals surface area contributed by atoms with Gasteiger partial charge in [0.05, 0.1) is 6.61 Å². The number of ether oxygens (including phenoxy) is 2. The van der Waals surface area contributed by atoms with Crippen LogP contribution in [0.5, 0.6) is 0 Å². The summed E-state index contributed by atoms with van der Waals surface area (Å²) in [6, 6.07) is 5.93. The summed E-state index contributed by atoms with van der Waals surface area (Å²) < 4.78 is 10.5. The Labute approximate surface area is 172 Å². The first-order valence-corrected chi connectivity index (χ1v) is 10.2. The zero-order valence-corrected chi connectivity index (χ0v) is 18.0. The fourth-order valence-electron chi connectivity index (χ4n) is 3.13. The molecule has 0 atom stereocenters. The van der Waals surface area contributed by atoms with Crippen LogP contribution in [0.2, 0.25) is 5.02 Å². The molecule has 1 aliphatic heterocycles. The molecule has 1 heterocycles. The SMILES string of the molecule is CCOC(=O)CCc1cc(Cl)ccc1NC1CCN(C(=O)OC(C)(C)C)CC1. The Bertz CT molecular complexity index is 679. The Morgan fingerprint density at radius 2 is 1.93 bits per heavy atom. The topological polar surface area (TPSA) is 67.9 Å². The quantitative estimate of drug-likeness (QED) is 0.691. The van der Waals surface area contributed by atoms with Crippen molar-refractivity contribution in [2.24, 2.45) is 0 Å². The Kier molecular flexibility index (Phi) is 7.98. The number of carbonyl (C=O) groups is 2. The van der Waals surface area contributed by atoms with Crippen LogP contribution in [-0.4, -0.2) is 48.3 Å². The number of rotatable bonds is 6. The lowest BCUT2D eigenvalue weighted by atomic mass is 10.0. The molecular weight excluding hydrogens is 380 g/mol. The van der Waals surface area contributed by atoms with Crippen molar-refractivity contribution in [3.63, 3.8) is 0 Å². The van der Waals surface area contributed by atoms with Crippen molar-refractivity contribution in [1.29, 1.82) is 0 Å². The van der Waals surface area contributed by atoms with E-state index in [4.69, 9.17) is 21.1 Å². The minimum atomic E-state index is -0.483. The normalized spacial score (nSPS) is 15.2. The number of piperidine rings is 1. The molecule has 1 aliphatic rings. The van der Waals surface area contributed by atoms with Crippen molar-refractivity contribution in [3.05, 3.63) is 28.8 Å². The molecule has 2 rings (SSSR count). The first-order valence-electron chi connectivity index (χ1n) is 9.86. The first kappa shape index (κ1) is 22.3. The summed E-state index contributed by atoms with van der Waals surface area (Å²) in [6.07, 6.45) is 2.30. The lowest BCUT2D eigenvalue weighted by molar-refractivity contribution is -0.143. The van der Waals surface area contributed by atoms with Gasteiger partial charge in [-0.25, -0.2) is 4.79 Å². The van der Waals surface area contributed by atoms with Crippen LogP contribution < -0.4 is 5.32 Å². The number of carbonyl (C=O) groups excluding carboxylic acids is 2. The molecule has 1 fully saturated rings. The van der Waals surface area contributed by atoms with E-state index in [-0.39, 0.29) is 18.1 Å². The van der Waals surface area contributed by atoms with E-state index >= 15 is 0 Å². The summed E-state index contributed by atoms with van der Waals surface area (Å²) in [7, 11) is 0. The molecule has 28 heavy (non-hydrogen) atoms. The van der Waals surface area contributed by atoms with Crippen molar-refractivity contribution in [3.8, 4) is 0 Å². The number of aryl methyl sites for hydroxylation is 1. The van der Waals surface area contributed by atoms with Gasteiger partial charge in [0.2, 0.25) is 0 Å². The first-order chi connectivity index (χ1) is 13.2. The lowest BCUT2D eigenvalue weighted by Gasteiger charge is -2.34. The van der Waals surface area contributed by atoms with Gasteiger partial charge < -0.3 is 19.7 Å². The molecule has 0 aromatic heterocycles. The van der Waals surface area contributed by atoms with Crippen molar-refractivity contribution >= 4 is 29.4 Å². The smallest absolute Gasteiger partial charge is 0.410 e. The number of hydrogen-bond acceptors (Lipinski definition) is 5. The second-order valence-corrected chi connectivity index (χ2v) is 8.43. The summed E-state index contributed by atoms with van der Waals surface area (Å²) in [5.41, 5.74) is 1.49. The highest BCUT2D eigenvalue weighted by atomic mass is 35.5. The highest BCUT2D eigenvalue weighted by Gasteiger charge is 2.27. The van der Waals surface area contributed by atoms with Gasteiger partial charge in [-0.05, 0) is 70.7 Å². The fourth-order valence-corrected chi connectivity index (χ4v) is 3.33. The van der Waals surface area contributed by atoms with Gasteiger partial charge in [0.15, 0.2) is 0 Å². The molecule has 1 N–H and O–H groups in total. The highest BCUT2D eigenvalue weighted by molar-refractivity contribution is 6.30. The van der Waals surface area contributed by atoms with E-state index < -0.39 is 5.60 Å². The number of amides is 1. The van der Waals surface area contributed by atoms with Gasteiger partial charge in [0.1, 0.15) is 5.60 Å². The van der Waals surface area contributed by atoms with Gasteiger partial charge in [-0.2, -0.15) is 0 Å². The number of anilines is 1. The molecule has 0 unspecified atom stereocenters. The number of benzene rings is 1. The van der Waals surface area contributed by atoms with Gasteiger partial charge in [0, 0.05) is 36.3 Å². The number of nitrogens with zero attached hydrogens (tertiary/aromatic N) is 1. The lowest BCUT2D eigenvalue weighted by Crippen LogP contribution is -2.44. The molecule has 1 aromatic carbocycles. The Morgan fingerprint density at radius 3 is 2.54 bits per heavy atom. The van der Waals surface area contributed by atoms with Crippen LogP contribution >= 0.6 is 11.6 Å². The number of likely N-dealkylation sites (tertiary alicyclic amines) is 1. The maximum absolute atomic E-state index is 12.2. The van der Waals surface area contributed by atoms with E-state index in [0.717, 1.165) is 24.1 Å². The molecule has 156 valence electrons. The fraction of sp³-hybridized carbons (Fsp3) is 0.619. The molecule has 6 nitrogen and oxygen atoms in total.